The first-order valence-corrected chi connectivity index (χ1v) is 3.82. The SMILES string of the molecule is CNC(C)CSC(F)(F)F.Cl. The summed E-state index contributed by atoms with van der Waals surface area (Å²) in [6.07, 6.45) is 0. The summed E-state index contributed by atoms with van der Waals surface area (Å²) in [5.41, 5.74) is -4.09. The Morgan fingerprint density at radius 2 is 1.91 bits per heavy atom. The van der Waals surface area contributed by atoms with Crippen LogP contribution in [0.4, 0.5) is 13.2 Å². The van der Waals surface area contributed by atoms with E-state index in [9.17, 15) is 13.2 Å². The van der Waals surface area contributed by atoms with Crippen LogP contribution in [0, 0.1) is 0 Å². The van der Waals surface area contributed by atoms with Crippen molar-refractivity contribution in [3.8, 4) is 0 Å². The Morgan fingerprint density at radius 3 is 2.18 bits per heavy atom. The largest absolute Gasteiger partial charge is 0.441 e. The van der Waals surface area contributed by atoms with Crippen LogP contribution in [-0.2, 0) is 0 Å². The molecule has 0 bridgehead atoms. The lowest BCUT2D eigenvalue weighted by Crippen LogP contribution is -2.25. The lowest BCUT2D eigenvalue weighted by molar-refractivity contribution is -0.0328. The highest BCUT2D eigenvalue weighted by Gasteiger charge is 2.28. The molecule has 0 radical (unpaired) electrons. The fourth-order valence-corrected chi connectivity index (χ4v) is 0.908. The van der Waals surface area contributed by atoms with Gasteiger partial charge in [-0.25, -0.2) is 0 Å². The number of hydrogen-bond acceptors (Lipinski definition) is 2. The molecule has 0 saturated heterocycles. The molecule has 0 aliphatic rings. The normalized spacial score (nSPS) is 13.9. The number of thioether (sulfide) groups is 1. The van der Waals surface area contributed by atoms with Gasteiger partial charge in [0.25, 0.3) is 0 Å². The van der Waals surface area contributed by atoms with Gasteiger partial charge in [-0.1, -0.05) is 0 Å². The van der Waals surface area contributed by atoms with E-state index in [1.54, 1.807) is 14.0 Å². The Kier molecular flexibility index (Phi) is 7.57. The fraction of sp³-hybridized carbons (Fsp3) is 1.00. The lowest BCUT2D eigenvalue weighted by Gasteiger charge is -2.10. The molecule has 1 nitrogen and oxygen atoms in total. The molecule has 0 aromatic rings. The zero-order chi connectivity index (χ0) is 8.20. The van der Waals surface area contributed by atoms with E-state index in [4.69, 9.17) is 0 Å². The Bertz CT molecular complexity index is 98.2. The lowest BCUT2D eigenvalue weighted by atomic mass is 10.4. The third-order valence-electron chi connectivity index (χ3n) is 0.990. The summed E-state index contributed by atoms with van der Waals surface area (Å²) in [6, 6.07) is -0.0911. The molecule has 70 valence electrons. The summed E-state index contributed by atoms with van der Waals surface area (Å²) in [5, 5.41) is 2.72. The monoisotopic (exact) mass is 209 g/mol. The van der Waals surface area contributed by atoms with Gasteiger partial charge in [-0.3, -0.25) is 0 Å². The van der Waals surface area contributed by atoms with Crippen LogP contribution in [0.5, 0.6) is 0 Å². The van der Waals surface area contributed by atoms with Crippen molar-refractivity contribution < 1.29 is 13.2 Å². The molecular formula is C5H11ClF3NS. The van der Waals surface area contributed by atoms with E-state index in [2.05, 4.69) is 5.32 Å². The highest BCUT2D eigenvalue weighted by Crippen LogP contribution is 2.30. The number of hydrogen-bond donors (Lipinski definition) is 1. The Balaban J connectivity index is 0. The van der Waals surface area contributed by atoms with E-state index in [0.717, 1.165) is 0 Å². The van der Waals surface area contributed by atoms with E-state index >= 15 is 0 Å². The summed E-state index contributed by atoms with van der Waals surface area (Å²) in [5.74, 6) is 0.0694. The van der Waals surface area contributed by atoms with Gasteiger partial charge < -0.3 is 5.32 Å². The van der Waals surface area contributed by atoms with Gasteiger partial charge in [-0.05, 0) is 25.7 Å². The van der Waals surface area contributed by atoms with Gasteiger partial charge >= 0.3 is 5.51 Å². The minimum absolute atomic E-state index is 0. The average molecular weight is 210 g/mol. The summed E-state index contributed by atoms with van der Waals surface area (Å²) in [6.45, 7) is 1.71. The van der Waals surface area contributed by atoms with Gasteiger partial charge in [0.05, 0.1) is 0 Å². The summed E-state index contributed by atoms with van der Waals surface area (Å²) < 4.78 is 34.5. The van der Waals surface area contributed by atoms with Crippen molar-refractivity contribution in [2.75, 3.05) is 12.8 Å². The molecule has 0 aliphatic carbocycles. The van der Waals surface area contributed by atoms with Crippen LogP contribution in [0.15, 0.2) is 0 Å². The molecule has 0 rings (SSSR count). The van der Waals surface area contributed by atoms with Crippen LogP contribution in [-0.4, -0.2) is 24.4 Å². The molecule has 11 heavy (non-hydrogen) atoms. The zero-order valence-electron chi connectivity index (χ0n) is 6.23. The van der Waals surface area contributed by atoms with Gasteiger partial charge in [0.2, 0.25) is 0 Å². The molecule has 0 saturated carbocycles. The van der Waals surface area contributed by atoms with E-state index in [1.807, 2.05) is 0 Å². The molecule has 0 amide bonds. The summed E-state index contributed by atoms with van der Waals surface area (Å²) in [7, 11) is 1.64. The molecule has 0 aliphatic heterocycles. The second kappa shape index (κ2) is 5.97. The number of halogens is 4. The molecule has 6 heteroatoms. The quantitative estimate of drug-likeness (QED) is 0.766. The van der Waals surface area contributed by atoms with Crippen LogP contribution in [0.1, 0.15) is 6.92 Å². The van der Waals surface area contributed by atoms with Gasteiger partial charge in [0.1, 0.15) is 0 Å². The molecule has 0 spiro atoms. The second-order valence-electron chi connectivity index (χ2n) is 1.95. The smallest absolute Gasteiger partial charge is 0.316 e. The van der Waals surface area contributed by atoms with Crippen molar-refractivity contribution in [2.24, 2.45) is 0 Å². The number of alkyl halides is 3. The molecule has 0 aromatic heterocycles. The van der Waals surface area contributed by atoms with E-state index in [-0.39, 0.29) is 36.0 Å². The Hall–Kier alpha value is 0.390. The molecule has 0 fully saturated rings. The van der Waals surface area contributed by atoms with Crippen LogP contribution >= 0.6 is 24.2 Å². The van der Waals surface area contributed by atoms with Crippen molar-refractivity contribution >= 4 is 24.2 Å². The maximum Gasteiger partial charge on any atom is 0.441 e. The van der Waals surface area contributed by atoms with Crippen molar-refractivity contribution in [1.29, 1.82) is 0 Å². The van der Waals surface area contributed by atoms with Crippen LogP contribution in [0.2, 0.25) is 0 Å². The van der Waals surface area contributed by atoms with Gasteiger partial charge in [-0.15, -0.1) is 12.4 Å². The first-order chi connectivity index (χ1) is 4.45. The average Bonchev–Trinajstić information content (AvgIpc) is 1.81. The van der Waals surface area contributed by atoms with E-state index in [1.165, 1.54) is 0 Å². The predicted molar refractivity (Wildman–Crippen MR) is 44.3 cm³/mol. The standard InChI is InChI=1S/C5H10F3NS.ClH/c1-4(9-2)3-10-5(6,7)8;/h4,9H,3H2,1-2H3;1H. The third kappa shape index (κ3) is 10.4. The van der Waals surface area contributed by atoms with Gasteiger partial charge in [0, 0.05) is 11.8 Å². The van der Waals surface area contributed by atoms with Crippen LogP contribution < -0.4 is 5.32 Å². The first kappa shape index (κ1) is 13.9. The topological polar surface area (TPSA) is 12.0 Å². The summed E-state index contributed by atoms with van der Waals surface area (Å²) in [4.78, 5) is 0. The molecule has 1 atom stereocenters. The highest BCUT2D eigenvalue weighted by atomic mass is 35.5. The predicted octanol–water partition coefficient (Wildman–Crippen LogP) is 2.27. The number of rotatable bonds is 3. The minimum Gasteiger partial charge on any atom is -0.316 e. The minimum atomic E-state index is -4.09. The van der Waals surface area contributed by atoms with Crippen molar-refractivity contribution in [3.05, 3.63) is 0 Å². The molecular weight excluding hydrogens is 199 g/mol. The zero-order valence-corrected chi connectivity index (χ0v) is 7.87. The first-order valence-electron chi connectivity index (χ1n) is 2.83. The van der Waals surface area contributed by atoms with Crippen LogP contribution in [0.3, 0.4) is 0 Å². The maximum absolute atomic E-state index is 11.5. The fourth-order valence-electron chi connectivity index (χ4n) is 0.303. The van der Waals surface area contributed by atoms with Gasteiger partial charge in [0.15, 0.2) is 0 Å². The molecule has 1 N–H and O–H groups in total. The van der Waals surface area contributed by atoms with Crippen molar-refractivity contribution in [3.63, 3.8) is 0 Å². The molecule has 0 heterocycles. The maximum atomic E-state index is 11.5. The molecule has 0 aromatic carbocycles. The Labute approximate surface area is 74.5 Å². The third-order valence-corrected chi connectivity index (χ3v) is 1.98. The van der Waals surface area contributed by atoms with Crippen molar-refractivity contribution in [1.82, 2.24) is 5.32 Å². The molecule has 1 unspecified atom stereocenters. The number of nitrogens with one attached hydrogen (secondary N) is 1. The summed E-state index contributed by atoms with van der Waals surface area (Å²) >= 11 is 0.00375. The van der Waals surface area contributed by atoms with Gasteiger partial charge in [-0.2, -0.15) is 13.2 Å². The Morgan fingerprint density at radius 1 is 1.45 bits per heavy atom. The second-order valence-corrected chi connectivity index (χ2v) is 3.03. The van der Waals surface area contributed by atoms with Crippen molar-refractivity contribution in [2.45, 2.75) is 18.5 Å². The van der Waals surface area contributed by atoms with Crippen LogP contribution in [0.25, 0.3) is 0 Å². The highest BCUT2D eigenvalue weighted by molar-refractivity contribution is 8.00. The van der Waals surface area contributed by atoms with E-state index < -0.39 is 5.51 Å². The van der Waals surface area contributed by atoms with E-state index in [0.29, 0.717) is 0 Å².